The highest BCUT2D eigenvalue weighted by Gasteiger charge is 2.26. The molecule has 0 amide bonds. The Labute approximate surface area is 120 Å². The van der Waals surface area contributed by atoms with Gasteiger partial charge in [0.25, 0.3) is 9.05 Å². The van der Waals surface area contributed by atoms with Gasteiger partial charge in [-0.1, -0.05) is 0 Å². The van der Waals surface area contributed by atoms with Crippen LogP contribution in [0.1, 0.15) is 10.5 Å². The monoisotopic (exact) mass is 323 g/mol. The number of carbonyl (C=O) groups is 1. The van der Waals surface area contributed by atoms with Gasteiger partial charge in [0.1, 0.15) is 16.7 Å². The first-order valence-corrected chi connectivity index (χ1v) is 8.15. The average molecular weight is 324 g/mol. The normalized spacial score (nSPS) is 15.9. The number of nitrogens with zero attached hydrogens (tertiary/aromatic N) is 1. The lowest BCUT2D eigenvalue weighted by Crippen LogP contribution is -2.38. The van der Waals surface area contributed by atoms with Gasteiger partial charge in [-0.3, -0.25) is 0 Å². The molecule has 0 radical (unpaired) electrons. The van der Waals surface area contributed by atoms with Crippen molar-refractivity contribution in [3.05, 3.63) is 18.0 Å². The molecule has 1 aliphatic rings. The van der Waals surface area contributed by atoms with Crippen LogP contribution in [-0.2, 0) is 29.8 Å². The van der Waals surface area contributed by atoms with Crippen molar-refractivity contribution in [1.29, 1.82) is 0 Å². The Hall–Kier alpha value is -1.09. The Morgan fingerprint density at radius 2 is 2.25 bits per heavy atom. The molecule has 0 spiro atoms. The van der Waals surface area contributed by atoms with E-state index in [4.69, 9.17) is 24.9 Å². The fraction of sp³-hybridized carbons (Fsp3) is 0.545. The van der Waals surface area contributed by atoms with E-state index in [1.165, 1.54) is 23.9 Å². The molecule has 2 rings (SSSR count). The predicted octanol–water partition coefficient (Wildman–Crippen LogP) is 0.618. The minimum Gasteiger partial charge on any atom is -0.453 e. The van der Waals surface area contributed by atoms with Gasteiger partial charge in [0.15, 0.2) is 0 Å². The highest BCUT2D eigenvalue weighted by atomic mass is 35.7. The molecule has 0 aliphatic carbocycles. The van der Waals surface area contributed by atoms with E-state index in [9.17, 15) is 13.2 Å². The number of hydrogen-bond donors (Lipinski definition) is 0. The van der Waals surface area contributed by atoms with Gasteiger partial charge in [-0.2, -0.15) is 0 Å². The second kappa shape index (κ2) is 6.13. The summed E-state index contributed by atoms with van der Waals surface area (Å²) >= 11 is 0. The van der Waals surface area contributed by atoms with Gasteiger partial charge >= 0.3 is 5.97 Å². The van der Waals surface area contributed by atoms with Crippen LogP contribution in [0.3, 0.4) is 0 Å². The molecule has 0 unspecified atom stereocenters. The van der Waals surface area contributed by atoms with Gasteiger partial charge in [-0.15, -0.1) is 0 Å². The molecule has 7 nitrogen and oxygen atoms in total. The van der Waals surface area contributed by atoms with Crippen LogP contribution >= 0.6 is 10.7 Å². The standard InChI is InChI=1S/C11H14ClNO6S/c1-17-3-2-13-5-9(20(12,15)16)4-10(13)11(14)19-8-6-18-7-8/h4-5,8H,2-3,6-7H2,1H3. The van der Waals surface area contributed by atoms with E-state index in [1.54, 1.807) is 0 Å². The van der Waals surface area contributed by atoms with Crippen LogP contribution in [0, 0.1) is 0 Å². The van der Waals surface area contributed by atoms with Crippen molar-refractivity contribution in [3.8, 4) is 0 Å². The SMILES string of the molecule is COCCn1cc(S(=O)(=O)Cl)cc1C(=O)OC1COC1. The zero-order valence-electron chi connectivity index (χ0n) is 10.7. The number of carbonyl (C=O) groups excluding carboxylic acids is 1. The number of ether oxygens (including phenoxy) is 3. The molecule has 1 saturated heterocycles. The summed E-state index contributed by atoms with van der Waals surface area (Å²) in [5.41, 5.74) is 0.119. The average Bonchev–Trinajstić information content (AvgIpc) is 2.75. The zero-order valence-corrected chi connectivity index (χ0v) is 12.3. The highest BCUT2D eigenvalue weighted by molar-refractivity contribution is 8.13. The summed E-state index contributed by atoms with van der Waals surface area (Å²) in [6.45, 7) is 1.34. The Bertz CT molecular complexity index is 592. The maximum atomic E-state index is 12.0. The number of rotatable bonds is 6. The molecule has 0 saturated carbocycles. The van der Waals surface area contributed by atoms with Gasteiger partial charge < -0.3 is 18.8 Å². The van der Waals surface area contributed by atoms with Gasteiger partial charge in [-0.05, 0) is 6.07 Å². The van der Waals surface area contributed by atoms with Crippen molar-refractivity contribution in [2.45, 2.75) is 17.5 Å². The van der Waals surface area contributed by atoms with E-state index in [-0.39, 0.29) is 16.7 Å². The summed E-state index contributed by atoms with van der Waals surface area (Å²) in [4.78, 5) is 11.8. The first-order valence-electron chi connectivity index (χ1n) is 5.84. The van der Waals surface area contributed by atoms with Crippen molar-refractivity contribution in [3.63, 3.8) is 0 Å². The van der Waals surface area contributed by atoms with E-state index < -0.39 is 15.0 Å². The molecule has 0 aromatic carbocycles. The topological polar surface area (TPSA) is 83.8 Å². The Balaban J connectivity index is 2.23. The van der Waals surface area contributed by atoms with Crippen LogP contribution < -0.4 is 0 Å². The van der Waals surface area contributed by atoms with Crippen molar-refractivity contribution in [1.82, 2.24) is 4.57 Å². The number of esters is 1. The van der Waals surface area contributed by atoms with Gasteiger partial charge in [-0.25, -0.2) is 13.2 Å². The Kier molecular flexibility index (Phi) is 4.69. The molecular weight excluding hydrogens is 310 g/mol. The van der Waals surface area contributed by atoms with Crippen LogP contribution in [0.15, 0.2) is 17.2 Å². The van der Waals surface area contributed by atoms with E-state index in [0.717, 1.165) is 0 Å². The smallest absolute Gasteiger partial charge is 0.355 e. The van der Waals surface area contributed by atoms with Crippen molar-refractivity contribution < 1.29 is 27.4 Å². The number of halogens is 1. The molecule has 0 N–H and O–H groups in total. The van der Waals surface area contributed by atoms with E-state index in [1.807, 2.05) is 0 Å². The summed E-state index contributed by atoms with van der Waals surface area (Å²) < 4.78 is 39.1. The maximum Gasteiger partial charge on any atom is 0.355 e. The van der Waals surface area contributed by atoms with Crippen LogP contribution in [0.25, 0.3) is 0 Å². The first-order chi connectivity index (χ1) is 9.41. The summed E-state index contributed by atoms with van der Waals surface area (Å²) in [5.74, 6) is -0.610. The van der Waals surface area contributed by atoms with Crippen LogP contribution in [0.5, 0.6) is 0 Å². The lowest BCUT2D eigenvalue weighted by Gasteiger charge is -2.25. The fourth-order valence-electron chi connectivity index (χ4n) is 1.66. The maximum absolute atomic E-state index is 12.0. The number of methoxy groups -OCH3 is 1. The van der Waals surface area contributed by atoms with E-state index in [0.29, 0.717) is 26.4 Å². The van der Waals surface area contributed by atoms with Crippen molar-refractivity contribution in [2.24, 2.45) is 0 Å². The third-order valence-electron chi connectivity index (χ3n) is 2.78. The summed E-state index contributed by atoms with van der Waals surface area (Å²) in [5, 5.41) is 0. The third-order valence-corrected chi connectivity index (χ3v) is 4.10. The van der Waals surface area contributed by atoms with E-state index in [2.05, 4.69) is 0 Å². The van der Waals surface area contributed by atoms with Gasteiger partial charge in [0.2, 0.25) is 0 Å². The second-order valence-corrected chi connectivity index (χ2v) is 6.82. The molecule has 20 heavy (non-hydrogen) atoms. The number of hydrogen-bond acceptors (Lipinski definition) is 6. The fourth-order valence-corrected chi connectivity index (χ4v) is 2.41. The van der Waals surface area contributed by atoms with Gasteiger partial charge in [0.05, 0.1) is 19.8 Å². The first kappa shape index (κ1) is 15.3. The molecule has 9 heteroatoms. The molecule has 1 aromatic rings. The highest BCUT2D eigenvalue weighted by Crippen LogP contribution is 2.20. The molecule has 1 aliphatic heterocycles. The molecule has 1 aromatic heterocycles. The minimum atomic E-state index is -3.90. The third kappa shape index (κ3) is 3.51. The summed E-state index contributed by atoms with van der Waals surface area (Å²) in [7, 11) is 2.88. The predicted molar refractivity (Wildman–Crippen MR) is 69.4 cm³/mol. The Morgan fingerprint density at radius 1 is 1.55 bits per heavy atom. The summed E-state index contributed by atoms with van der Waals surface area (Å²) in [6.07, 6.45) is 0.999. The second-order valence-electron chi connectivity index (χ2n) is 4.25. The molecular formula is C11H14ClNO6S. The quantitative estimate of drug-likeness (QED) is 0.563. The zero-order chi connectivity index (χ0) is 14.8. The number of aromatic nitrogens is 1. The van der Waals surface area contributed by atoms with Crippen LogP contribution in [0.2, 0.25) is 0 Å². The molecule has 0 atom stereocenters. The molecule has 0 bridgehead atoms. The van der Waals surface area contributed by atoms with Crippen LogP contribution in [-0.4, -0.2) is 52.0 Å². The van der Waals surface area contributed by atoms with Crippen LogP contribution in [0.4, 0.5) is 0 Å². The van der Waals surface area contributed by atoms with Gasteiger partial charge in [0, 0.05) is 30.5 Å². The largest absolute Gasteiger partial charge is 0.453 e. The molecule has 1 fully saturated rings. The molecule has 2 heterocycles. The van der Waals surface area contributed by atoms with Crippen molar-refractivity contribution >= 4 is 25.7 Å². The lowest BCUT2D eigenvalue weighted by molar-refractivity contribution is -0.103. The lowest BCUT2D eigenvalue weighted by atomic mass is 10.3. The molecule has 112 valence electrons. The summed E-state index contributed by atoms with van der Waals surface area (Å²) in [6, 6.07) is 1.19. The minimum absolute atomic E-state index is 0.119. The Morgan fingerprint density at radius 3 is 2.75 bits per heavy atom. The van der Waals surface area contributed by atoms with Crippen molar-refractivity contribution in [2.75, 3.05) is 26.9 Å². The van der Waals surface area contributed by atoms with E-state index >= 15 is 0 Å².